The van der Waals surface area contributed by atoms with E-state index in [0.29, 0.717) is 0 Å². The smallest absolute Gasteiger partial charge is 0.265 e. The van der Waals surface area contributed by atoms with Gasteiger partial charge in [0.05, 0.1) is 12.1 Å². The van der Waals surface area contributed by atoms with Gasteiger partial charge in [0.1, 0.15) is 0 Å². The van der Waals surface area contributed by atoms with Gasteiger partial charge in [0, 0.05) is 6.42 Å². The minimum atomic E-state index is -2.96. The lowest BCUT2D eigenvalue weighted by molar-refractivity contribution is -0.0356. The van der Waals surface area contributed by atoms with Crippen molar-refractivity contribution in [3.05, 3.63) is 0 Å². The van der Waals surface area contributed by atoms with Crippen molar-refractivity contribution in [2.75, 3.05) is 0 Å². The SMILES string of the molecule is C#CC(N)CC(F)(F)C(N)CC. The summed E-state index contributed by atoms with van der Waals surface area (Å²) in [7, 11) is 0. The van der Waals surface area contributed by atoms with Gasteiger partial charge in [-0.3, -0.25) is 0 Å². The number of hydrogen-bond donors (Lipinski definition) is 2. The van der Waals surface area contributed by atoms with Crippen LogP contribution in [0.15, 0.2) is 0 Å². The lowest BCUT2D eigenvalue weighted by Crippen LogP contribution is -2.44. The lowest BCUT2D eigenvalue weighted by atomic mass is 10.0. The molecule has 2 atom stereocenters. The van der Waals surface area contributed by atoms with E-state index in [1.807, 2.05) is 5.92 Å². The van der Waals surface area contributed by atoms with Crippen LogP contribution in [0.25, 0.3) is 0 Å². The zero-order chi connectivity index (χ0) is 9.78. The Morgan fingerprint density at radius 1 is 1.50 bits per heavy atom. The van der Waals surface area contributed by atoms with Crippen LogP contribution in [0, 0.1) is 12.3 Å². The van der Waals surface area contributed by atoms with Gasteiger partial charge in [0.2, 0.25) is 0 Å². The first-order valence-corrected chi connectivity index (χ1v) is 3.79. The largest absolute Gasteiger partial charge is 0.323 e. The third-order valence-corrected chi connectivity index (χ3v) is 1.69. The van der Waals surface area contributed by atoms with Crippen LogP contribution in [0.2, 0.25) is 0 Å². The highest BCUT2D eigenvalue weighted by Gasteiger charge is 2.36. The van der Waals surface area contributed by atoms with Gasteiger partial charge in [0.25, 0.3) is 5.92 Å². The van der Waals surface area contributed by atoms with Crippen LogP contribution in [-0.2, 0) is 0 Å². The molecule has 2 unspecified atom stereocenters. The number of terminal acetylenes is 1. The molecular weight excluding hydrogens is 162 g/mol. The molecule has 0 aliphatic rings. The maximum Gasteiger partial charge on any atom is 0.265 e. The number of hydrogen-bond acceptors (Lipinski definition) is 2. The van der Waals surface area contributed by atoms with Crippen LogP contribution >= 0.6 is 0 Å². The Labute approximate surface area is 71.3 Å². The number of alkyl halides is 2. The third kappa shape index (κ3) is 3.16. The van der Waals surface area contributed by atoms with Gasteiger partial charge in [-0.2, -0.15) is 0 Å². The summed E-state index contributed by atoms with van der Waals surface area (Å²) in [6.07, 6.45) is 4.54. The van der Waals surface area contributed by atoms with Gasteiger partial charge < -0.3 is 11.5 Å². The highest BCUT2D eigenvalue weighted by atomic mass is 19.3. The summed E-state index contributed by atoms with van der Waals surface area (Å²) in [5, 5.41) is 0. The van der Waals surface area contributed by atoms with E-state index in [9.17, 15) is 8.78 Å². The molecular formula is C8H14F2N2. The molecule has 4 heteroatoms. The van der Waals surface area contributed by atoms with E-state index >= 15 is 0 Å². The molecule has 0 aromatic heterocycles. The Bertz CT molecular complexity index is 174. The van der Waals surface area contributed by atoms with E-state index in [1.54, 1.807) is 6.92 Å². The van der Waals surface area contributed by atoms with E-state index in [1.165, 1.54) is 0 Å². The van der Waals surface area contributed by atoms with Gasteiger partial charge in [-0.05, 0) is 6.42 Å². The highest BCUT2D eigenvalue weighted by molar-refractivity contribution is 5.00. The molecule has 0 saturated heterocycles. The molecule has 0 aromatic rings. The predicted molar refractivity (Wildman–Crippen MR) is 44.6 cm³/mol. The molecule has 0 spiro atoms. The molecule has 0 radical (unpaired) electrons. The molecule has 0 bridgehead atoms. The van der Waals surface area contributed by atoms with Crippen LogP contribution in [0.5, 0.6) is 0 Å². The van der Waals surface area contributed by atoms with Gasteiger partial charge >= 0.3 is 0 Å². The maximum absolute atomic E-state index is 13.0. The molecule has 0 heterocycles. The molecule has 0 fully saturated rings. The lowest BCUT2D eigenvalue weighted by Gasteiger charge is -2.23. The van der Waals surface area contributed by atoms with Crippen molar-refractivity contribution >= 4 is 0 Å². The van der Waals surface area contributed by atoms with E-state index < -0.39 is 24.4 Å². The quantitative estimate of drug-likeness (QED) is 0.620. The van der Waals surface area contributed by atoms with Gasteiger partial charge in [-0.25, -0.2) is 8.78 Å². The monoisotopic (exact) mass is 176 g/mol. The minimum absolute atomic E-state index is 0.213. The summed E-state index contributed by atoms with van der Waals surface area (Å²) in [4.78, 5) is 0. The predicted octanol–water partition coefficient (Wildman–Crippen LogP) is 0.710. The zero-order valence-electron chi connectivity index (χ0n) is 7.06. The van der Waals surface area contributed by atoms with Crippen molar-refractivity contribution in [3.8, 4) is 12.3 Å². The Morgan fingerprint density at radius 2 is 2.00 bits per heavy atom. The summed E-state index contributed by atoms with van der Waals surface area (Å²) in [6, 6.07) is -2.07. The first-order valence-electron chi connectivity index (χ1n) is 3.79. The molecule has 0 aromatic carbocycles. The van der Waals surface area contributed by atoms with Gasteiger partial charge in [0.15, 0.2) is 0 Å². The van der Waals surface area contributed by atoms with Crippen molar-refractivity contribution < 1.29 is 8.78 Å². The molecule has 0 saturated carbocycles. The van der Waals surface area contributed by atoms with Crippen molar-refractivity contribution in [1.29, 1.82) is 0 Å². The molecule has 4 N–H and O–H groups in total. The summed E-state index contributed by atoms with van der Waals surface area (Å²) >= 11 is 0. The second-order valence-corrected chi connectivity index (χ2v) is 2.75. The highest BCUT2D eigenvalue weighted by Crippen LogP contribution is 2.24. The van der Waals surface area contributed by atoms with E-state index in [2.05, 4.69) is 0 Å². The van der Waals surface area contributed by atoms with E-state index in [-0.39, 0.29) is 6.42 Å². The van der Waals surface area contributed by atoms with Crippen molar-refractivity contribution in [1.82, 2.24) is 0 Å². The molecule has 0 aliphatic carbocycles. The van der Waals surface area contributed by atoms with E-state index in [4.69, 9.17) is 17.9 Å². The Hall–Kier alpha value is -0.660. The molecule has 0 rings (SSSR count). The first kappa shape index (κ1) is 11.3. The average Bonchev–Trinajstić information content (AvgIpc) is 2.02. The Kier molecular flexibility index (Phi) is 4.15. The molecule has 0 amide bonds. The summed E-state index contributed by atoms with van der Waals surface area (Å²) in [6.45, 7) is 1.60. The van der Waals surface area contributed by atoms with Crippen LogP contribution in [0.1, 0.15) is 19.8 Å². The van der Waals surface area contributed by atoms with Gasteiger partial charge in [-0.1, -0.05) is 12.8 Å². The average molecular weight is 176 g/mol. The van der Waals surface area contributed by atoms with Crippen molar-refractivity contribution in [2.45, 2.75) is 37.8 Å². The van der Waals surface area contributed by atoms with Crippen LogP contribution in [0.4, 0.5) is 8.78 Å². The third-order valence-electron chi connectivity index (χ3n) is 1.69. The standard InChI is InChI=1S/C8H14F2N2/c1-3-6(11)5-8(9,10)7(12)4-2/h1,6-7H,4-5,11-12H2,2H3. The molecule has 2 nitrogen and oxygen atoms in total. The van der Waals surface area contributed by atoms with Crippen LogP contribution in [-0.4, -0.2) is 18.0 Å². The number of nitrogens with two attached hydrogens (primary N) is 2. The van der Waals surface area contributed by atoms with E-state index in [0.717, 1.165) is 0 Å². The summed E-state index contributed by atoms with van der Waals surface area (Å²) in [5.74, 6) is -0.916. The maximum atomic E-state index is 13.0. The van der Waals surface area contributed by atoms with Crippen molar-refractivity contribution in [3.63, 3.8) is 0 Å². The summed E-state index contributed by atoms with van der Waals surface area (Å²) < 4.78 is 25.9. The van der Waals surface area contributed by atoms with Gasteiger partial charge in [-0.15, -0.1) is 6.42 Å². The van der Waals surface area contributed by atoms with Crippen LogP contribution < -0.4 is 11.5 Å². The molecule has 0 aliphatic heterocycles. The Morgan fingerprint density at radius 3 is 2.33 bits per heavy atom. The number of halogens is 2. The topological polar surface area (TPSA) is 52.0 Å². The Balaban J connectivity index is 4.13. The normalized spacial score (nSPS) is 16.7. The number of rotatable bonds is 4. The fraction of sp³-hybridized carbons (Fsp3) is 0.750. The zero-order valence-corrected chi connectivity index (χ0v) is 7.06. The first-order chi connectivity index (χ1) is 5.44. The summed E-state index contributed by atoms with van der Waals surface area (Å²) in [5.41, 5.74) is 10.4. The minimum Gasteiger partial charge on any atom is -0.323 e. The second-order valence-electron chi connectivity index (χ2n) is 2.75. The molecule has 12 heavy (non-hydrogen) atoms. The van der Waals surface area contributed by atoms with Crippen LogP contribution in [0.3, 0.4) is 0 Å². The molecule has 70 valence electrons. The fourth-order valence-corrected chi connectivity index (χ4v) is 0.802. The van der Waals surface area contributed by atoms with Crippen molar-refractivity contribution in [2.24, 2.45) is 11.5 Å². The second kappa shape index (κ2) is 4.39. The fourth-order valence-electron chi connectivity index (χ4n) is 0.802.